The Morgan fingerprint density at radius 2 is 1.92 bits per heavy atom. The number of hydrogen-bond acceptors (Lipinski definition) is 4. The fourth-order valence-electron chi connectivity index (χ4n) is 0.920. The molecule has 0 radical (unpaired) electrons. The summed E-state index contributed by atoms with van der Waals surface area (Å²) in [5.41, 5.74) is 0. The number of carboxylic acid groups (broad SMARTS) is 1. The van der Waals surface area contributed by atoms with Gasteiger partial charge in [-0.05, 0) is 25.8 Å². The van der Waals surface area contributed by atoms with E-state index in [9.17, 15) is 4.79 Å². The van der Waals surface area contributed by atoms with Gasteiger partial charge in [0.1, 0.15) is 6.04 Å². The van der Waals surface area contributed by atoms with Crippen LogP contribution in [-0.2, 0) is 4.79 Å². The molecule has 0 aromatic rings. The van der Waals surface area contributed by atoms with Crippen molar-refractivity contribution in [3.8, 4) is 0 Å². The lowest BCUT2D eigenvalue weighted by Gasteiger charge is -2.10. The zero-order valence-corrected chi connectivity index (χ0v) is 7.57. The summed E-state index contributed by atoms with van der Waals surface area (Å²) in [6, 6.07) is -0.867. The molecule has 0 heterocycles. The van der Waals surface area contributed by atoms with Crippen LogP contribution in [0.2, 0.25) is 0 Å². The fourth-order valence-corrected chi connectivity index (χ4v) is 0.920. The lowest BCUT2D eigenvalue weighted by molar-refractivity contribution is -0.140. The van der Waals surface area contributed by atoms with Gasteiger partial charge in [0, 0.05) is 6.61 Å². The lowest BCUT2D eigenvalue weighted by atomic mass is 10.2. The van der Waals surface area contributed by atoms with Gasteiger partial charge in [0.2, 0.25) is 0 Å². The van der Waals surface area contributed by atoms with Crippen molar-refractivity contribution in [3.05, 3.63) is 0 Å². The highest BCUT2D eigenvalue weighted by Crippen LogP contribution is 1.93. The summed E-state index contributed by atoms with van der Waals surface area (Å²) in [6.45, 7) is 0.329. The summed E-state index contributed by atoms with van der Waals surface area (Å²) in [6.07, 6.45) is 2.41. The van der Waals surface area contributed by atoms with Gasteiger partial charge >= 0.3 is 5.97 Å². The molecule has 0 saturated heterocycles. The zero-order chi connectivity index (χ0) is 10.1. The van der Waals surface area contributed by atoms with Gasteiger partial charge in [-0.25, -0.2) is 0 Å². The van der Waals surface area contributed by atoms with Crippen LogP contribution in [0.15, 0.2) is 0 Å². The zero-order valence-electron chi connectivity index (χ0n) is 7.57. The number of aliphatic hydroxyl groups excluding tert-OH is 2. The predicted molar refractivity (Wildman–Crippen MR) is 47.4 cm³/mol. The first-order valence-corrected chi connectivity index (χ1v) is 4.40. The molecule has 5 nitrogen and oxygen atoms in total. The molecule has 78 valence electrons. The molecule has 0 bridgehead atoms. The number of aliphatic carboxylic acids is 1. The molecule has 0 aromatic heterocycles. The third-order valence-corrected chi connectivity index (χ3v) is 1.71. The van der Waals surface area contributed by atoms with Gasteiger partial charge in [-0.2, -0.15) is 0 Å². The van der Waals surface area contributed by atoms with Crippen LogP contribution in [0, 0.1) is 0 Å². The van der Waals surface area contributed by atoms with E-state index in [-0.39, 0.29) is 6.61 Å². The quantitative estimate of drug-likeness (QED) is 0.376. The Bertz CT molecular complexity index is 140. The predicted octanol–water partition coefficient (Wildman–Crippen LogP) is -0.816. The first kappa shape index (κ1) is 12.3. The van der Waals surface area contributed by atoms with Crippen LogP contribution in [0.1, 0.15) is 19.3 Å². The van der Waals surface area contributed by atoms with Gasteiger partial charge in [0.15, 0.2) is 0 Å². The summed E-state index contributed by atoms with van der Waals surface area (Å²) < 4.78 is 0. The number of unbranched alkanes of at least 4 members (excludes halogenated alkanes) is 2. The minimum Gasteiger partial charge on any atom is -0.480 e. The van der Waals surface area contributed by atoms with Crippen molar-refractivity contribution in [2.75, 3.05) is 19.8 Å². The fraction of sp³-hybridized carbons (Fsp3) is 0.875. The van der Waals surface area contributed by atoms with E-state index in [4.69, 9.17) is 15.3 Å². The van der Waals surface area contributed by atoms with E-state index in [1.165, 1.54) is 0 Å². The highest BCUT2D eigenvalue weighted by molar-refractivity contribution is 5.73. The molecule has 0 aliphatic carbocycles. The summed E-state index contributed by atoms with van der Waals surface area (Å²) in [5, 5.41) is 28.3. The Labute approximate surface area is 77.4 Å². The van der Waals surface area contributed by atoms with Gasteiger partial charge in [0.25, 0.3) is 0 Å². The third-order valence-electron chi connectivity index (χ3n) is 1.71. The maximum absolute atomic E-state index is 10.4. The van der Waals surface area contributed by atoms with Crippen molar-refractivity contribution < 1.29 is 20.1 Å². The van der Waals surface area contributed by atoms with E-state index in [2.05, 4.69) is 5.32 Å². The van der Waals surface area contributed by atoms with Crippen molar-refractivity contribution in [1.29, 1.82) is 0 Å². The molecule has 0 unspecified atom stereocenters. The number of carbonyl (C=O) groups is 1. The first-order chi connectivity index (χ1) is 6.22. The van der Waals surface area contributed by atoms with Crippen molar-refractivity contribution in [3.63, 3.8) is 0 Å². The maximum Gasteiger partial charge on any atom is 0.323 e. The average molecular weight is 191 g/mol. The highest BCUT2D eigenvalue weighted by atomic mass is 16.4. The Kier molecular flexibility index (Phi) is 7.57. The largest absolute Gasteiger partial charge is 0.480 e. The normalized spacial score (nSPS) is 12.8. The molecule has 0 aliphatic rings. The van der Waals surface area contributed by atoms with Gasteiger partial charge in [0.05, 0.1) is 6.61 Å². The molecule has 0 fully saturated rings. The lowest BCUT2D eigenvalue weighted by Crippen LogP contribution is -2.40. The Morgan fingerprint density at radius 3 is 2.38 bits per heavy atom. The van der Waals surface area contributed by atoms with Crippen LogP contribution in [0.4, 0.5) is 0 Å². The maximum atomic E-state index is 10.4. The van der Waals surface area contributed by atoms with Crippen LogP contribution in [-0.4, -0.2) is 47.1 Å². The van der Waals surface area contributed by atoms with Crippen molar-refractivity contribution in [2.45, 2.75) is 25.3 Å². The Morgan fingerprint density at radius 1 is 1.23 bits per heavy atom. The van der Waals surface area contributed by atoms with Crippen LogP contribution in [0.5, 0.6) is 0 Å². The summed E-state index contributed by atoms with van der Waals surface area (Å²) in [5.74, 6) is -1.04. The van der Waals surface area contributed by atoms with Crippen LogP contribution >= 0.6 is 0 Å². The smallest absolute Gasteiger partial charge is 0.323 e. The topological polar surface area (TPSA) is 89.8 Å². The minimum absolute atomic E-state index is 0.169. The second-order valence-corrected chi connectivity index (χ2v) is 2.81. The Balaban J connectivity index is 3.33. The number of hydrogen-bond donors (Lipinski definition) is 4. The Hall–Kier alpha value is -0.650. The number of rotatable bonds is 8. The molecule has 5 heteroatoms. The monoisotopic (exact) mass is 191 g/mol. The summed E-state index contributed by atoms with van der Waals surface area (Å²) >= 11 is 0. The van der Waals surface area contributed by atoms with Crippen molar-refractivity contribution in [1.82, 2.24) is 5.32 Å². The van der Waals surface area contributed by atoms with E-state index in [0.717, 1.165) is 19.3 Å². The van der Waals surface area contributed by atoms with E-state index in [1.807, 2.05) is 0 Å². The second-order valence-electron chi connectivity index (χ2n) is 2.81. The molecule has 1 atom stereocenters. The van der Waals surface area contributed by atoms with E-state index in [0.29, 0.717) is 6.54 Å². The molecule has 0 spiro atoms. The number of carboxylic acids is 1. The van der Waals surface area contributed by atoms with E-state index in [1.54, 1.807) is 0 Å². The van der Waals surface area contributed by atoms with Gasteiger partial charge in [-0.1, -0.05) is 0 Å². The number of aliphatic hydroxyl groups is 2. The van der Waals surface area contributed by atoms with E-state index < -0.39 is 18.6 Å². The van der Waals surface area contributed by atoms with Gasteiger partial charge in [-0.3, -0.25) is 4.79 Å². The van der Waals surface area contributed by atoms with Crippen molar-refractivity contribution in [2.24, 2.45) is 0 Å². The molecule has 0 saturated carbocycles. The third kappa shape index (κ3) is 6.51. The second kappa shape index (κ2) is 7.97. The van der Waals surface area contributed by atoms with Gasteiger partial charge < -0.3 is 20.6 Å². The summed E-state index contributed by atoms with van der Waals surface area (Å²) in [4.78, 5) is 10.4. The minimum atomic E-state index is -1.04. The van der Waals surface area contributed by atoms with Crippen LogP contribution in [0.25, 0.3) is 0 Å². The molecular weight excluding hydrogens is 174 g/mol. The average Bonchev–Trinajstić information content (AvgIpc) is 2.10. The van der Waals surface area contributed by atoms with Crippen molar-refractivity contribution >= 4 is 5.97 Å². The molecule has 0 rings (SSSR count). The standard InChI is InChI=1S/C8H17NO4/c10-5-3-1-2-4-9-7(6-11)8(12)13/h7,9-11H,1-6H2,(H,12,13)/t7-/m0/s1. The molecule has 0 amide bonds. The van der Waals surface area contributed by atoms with Gasteiger partial charge in [-0.15, -0.1) is 0 Å². The van der Waals surface area contributed by atoms with Crippen LogP contribution in [0.3, 0.4) is 0 Å². The SMILES string of the molecule is O=C(O)[C@H](CO)NCCCCCO. The van der Waals surface area contributed by atoms with E-state index >= 15 is 0 Å². The molecule has 0 aliphatic heterocycles. The molecule has 0 aromatic carbocycles. The summed E-state index contributed by atoms with van der Waals surface area (Å²) in [7, 11) is 0. The highest BCUT2D eigenvalue weighted by Gasteiger charge is 2.13. The first-order valence-electron chi connectivity index (χ1n) is 4.40. The molecule has 13 heavy (non-hydrogen) atoms. The van der Waals surface area contributed by atoms with Crippen LogP contribution < -0.4 is 5.32 Å². The molecule has 4 N–H and O–H groups in total. The number of nitrogens with one attached hydrogen (secondary N) is 1. The molecular formula is C8H17NO4.